The number of amides is 1. The second-order valence-corrected chi connectivity index (χ2v) is 12.6. The molecule has 2 aromatic rings. The minimum atomic E-state index is -0.786. The molecular formula is C34H39NO9. The predicted molar refractivity (Wildman–Crippen MR) is 159 cm³/mol. The summed E-state index contributed by atoms with van der Waals surface area (Å²) in [6.45, 7) is 5.43. The van der Waals surface area contributed by atoms with E-state index in [0.717, 1.165) is 47.9 Å². The summed E-state index contributed by atoms with van der Waals surface area (Å²) >= 11 is 0. The molecule has 1 atom stereocenters. The SMILES string of the molecule is CC(C)(C)OC(=O)N1CCC[C@H]1C(=O)OCC(=O)c1ccc2c(c1)COCc1cc(C(=O)COC(=O)C3CCCC3)ccc1-2. The third kappa shape index (κ3) is 7.35. The van der Waals surface area contributed by atoms with Gasteiger partial charge in [0.15, 0.2) is 24.8 Å². The van der Waals surface area contributed by atoms with Crippen molar-refractivity contribution in [3.8, 4) is 11.1 Å². The summed E-state index contributed by atoms with van der Waals surface area (Å²) in [7, 11) is 0. The van der Waals surface area contributed by atoms with Crippen LogP contribution < -0.4 is 0 Å². The Labute approximate surface area is 257 Å². The average Bonchev–Trinajstić information content (AvgIpc) is 3.68. The molecule has 10 heteroatoms. The highest BCUT2D eigenvalue weighted by molar-refractivity contribution is 6.00. The molecule has 0 spiro atoms. The van der Waals surface area contributed by atoms with Gasteiger partial charge in [0.25, 0.3) is 0 Å². The quantitative estimate of drug-likeness (QED) is 0.220. The summed E-state index contributed by atoms with van der Waals surface area (Å²) in [5.41, 5.74) is 3.48. The van der Waals surface area contributed by atoms with E-state index in [2.05, 4.69) is 0 Å². The number of fused-ring (bicyclic) bond motifs is 3. The van der Waals surface area contributed by atoms with Crippen molar-refractivity contribution in [2.75, 3.05) is 19.8 Å². The van der Waals surface area contributed by atoms with E-state index in [9.17, 15) is 24.0 Å². The standard InChI is InChI=1S/C34H39NO9/c1-34(2,3)44-33(40)35-14-6-9-28(35)32(39)43-20-30(37)23-11-13-27-25(16-23)18-41-17-24-15-22(10-12-26(24)27)29(36)19-42-31(38)21-7-4-5-8-21/h10-13,15-16,21,28H,4-9,14,17-20H2,1-3H3/t28-/m0/s1. The first-order chi connectivity index (χ1) is 21.0. The third-order valence-corrected chi connectivity index (χ3v) is 8.19. The van der Waals surface area contributed by atoms with Gasteiger partial charge in [-0.05, 0) is 80.8 Å². The fourth-order valence-electron chi connectivity index (χ4n) is 5.94. The van der Waals surface area contributed by atoms with Crippen molar-refractivity contribution in [1.29, 1.82) is 0 Å². The number of esters is 2. The minimum absolute atomic E-state index is 0.106. The topological polar surface area (TPSA) is 126 Å². The van der Waals surface area contributed by atoms with Gasteiger partial charge < -0.3 is 18.9 Å². The van der Waals surface area contributed by atoms with Gasteiger partial charge in [0.2, 0.25) is 0 Å². The van der Waals surface area contributed by atoms with Crippen molar-refractivity contribution in [2.45, 2.75) is 84.2 Å². The Bertz CT molecular complexity index is 1450. The van der Waals surface area contributed by atoms with Crippen molar-refractivity contribution in [1.82, 2.24) is 4.90 Å². The normalized spacial score (nSPS) is 18.2. The highest BCUT2D eigenvalue weighted by atomic mass is 16.6. The fraction of sp³-hybridized carbons (Fsp3) is 0.500. The van der Waals surface area contributed by atoms with Gasteiger partial charge in [-0.25, -0.2) is 9.59 Å². The molecule has 2 aromatic carbocycles. The number of hydrogen-bond donors (Lipinski definition) is 0. The molecule has 2 fully saturated rings. The molecule has 0 N–H and O–H groups in total. The lowest BCUT2D eigenvalue weighted by Gasteiger charge is -2.27. The molecule has 5 rings (SSSR count). The van der Waals surface area contributed by atoms with Crippen molar-refractivity contribution in [3.63, 3.8) is 0 Å². The number of hydrogen-bond acceptors (Lipinski definition) is 9. The molecular weight excluding hydrogens is 566 g/mol. The number of likely N-dealkylation sites (tertiary alicyclic amines) is 1. The van der Waals surface area contributed by atoms with E-state index in [-0.39, 0.29) is 43.3 Å². The second kappa shape index (κ2) is 13.3. The Hall–Kier alpha value is -4.05. The molecule has 1 aliphatic carbocycles. The van der Waals surface area contributed by atoms with Gasteiger partial charge in [-0.3, -0.25) is 19.3 Å². The molecule has 2 aliphatic heterocycles. The molecule has 0 bridgehead atoms. The van der Waals surface area contributed by atoms with Crippen LogP contribution in [0.3, 0.4) is 0 Å². The molecule has 10 nitrogen and oxygen atoms in total. The Morgan fingerprint density at radius 2 is 1.32 bits per heavy atom. The molecule has 1 saturated heterocycles. The van der Waals surface area contributed by atoms with Crippen LogP contribution in [-0.4, -0.2) is 65.9 Å². The highest BCUT2D eigenvalue weighted by Crippen LogP contribution is 2.33. The first-order valence-corrected chi connectivity index (χ1v) is 15.2. The lowest BCUT2D eigenvalue weighted by Crippen LogP contribution is -2.44. The second-order valence-electron chi connectivity index (χ2n) is 12.6. The average molecular weight is 606 g/mol. The van der Waals surface area contributed by atoms with E-state index < -0.39 is 30.3 Å². The van der Waals surface area contributed by atoms with Crippen molar-refractivity contribution in [3.05, 3.63) is 58.7 Å². The van der Waals surface area contributed by atoms with Gasteiger partial charge in [-0.15, -0.1) is 0 Å². The maximum atomic E-state index is 13.0. The van der Waals surface area contributed by atoms with Gasteiger partial charge in [0.05, 0.1) is 19.1 Å². The number of nitrogens with zero attached hydrogens (tertiary/aromatic N) is 1. The molecule has 0 radical (unpaired) electrons. The van der Waals surface area contributed by atoms with Crippen molar-refractivity contribution < 1.29 is 42.9 Å². The molecule has 1 amide bonds. The molecule has 234 valence electrons. The van der Waals surface area contributed by atoms with Crippen LogP contribution in [0.1, 0.15) is 91.1 Å². The zero-order chi connectivity index (χ0) is 31.4. The number of ether oxygens (including phenoxy) is 4. The summed E-state index contributed by atoms with van der Waals surface area (Å²) in [4.78, 5) is 64.7. The van der Waals surface area contributed by atoms with Crippen molar-refractivity contribution in [2.24, 2.45) is 5.92 Å². The lowest BCUT2D eigenvalue weighted by molar-refractivity contribution is -0.148. The fourth-order valence-corrected chi connectivity index (χ4v) is 5.94. The van der Waals surface area contributed by atoms with Crippen LogP contribution >= 0.6 is 0 Å². The minimum Gasteiger partial charge on any atom is -0.457 e. The van der Waals surface area contributed by atoms with E-state index >= 15 is 0 Å². The number of carbonyl (C=O) groups is 5. The largest absolute Gasteiger partial charge is 0.457 e. The van der Waals surface area contributed by atoms with Gasteiger partial charge in [-0.2, -0.15) is 0 Å². The first kappa shape index (κ1) is 31.4. The summed E-state index contributed by atoms with van der Waals surface area (Å²) in [5.74, 6) is -1.69. The Kier molecular flexibility index (Phi) is 9.48. The van der Waals surface area contributed by atoms with E-state index in [0.29, 0.717) is 30.5 Å². The third-order valence-electron chi connectivity index (χ3n) is 8.19. The van der Waals surface area contributed by atoms with Crippen LogP contribution in [0.5, 0.6) is 0 Å². The Morgan fingerprint density at radius 3 is 1.86 bits per heavy atom. The Balaban J connectivity index is 1.21. The van der Waals surface area contributed by atoms with E-state index in [1.807, 2.05) is 12.1 Å². The van der Waals surface area contributed by atoms with E-state index in [1.54, 1.807) is 45.0 Å². The van der Waals surface area contributed by atoms with Crippen LogP contribution in [0.25, 0.3) is 11.1 Å². The van der Waals surface area contributed by atoms with Crippen LogP contribution in [0.4, 0.5) is 4.79 Å². The maximum Gasteiger partial charge on any atom is 0.411 e. The zero-order valence-electron chi connectivity index (χ0n) is 25.5. The molecule has 2 heterocycles. The van der Waals surface area contributed by atoms with Crippen molar-refractivity contribution >= 4 is 29.6 Å². The number of rotatable bonds is 8. The lowest BCUT2D eigenvalue weighted by atomic mass is 9.93. The van der Waals surface area contributed by atoms with Gasteiger partial charge in [0, 0.05) is 17.7 Å². The Morgan fingerprint density at radius 1 is 0.773 bits per heavy atom. The molecule has 44 heavy (non-hydrogen) atoms. The van der Waals surface area contributed by atoms with Gasteiger partial charge in [0.1, 0.15) is 11.6 Å². The summed E-state index contributed by atoms with van der Waals surface area (Å²) in [5, 5.41) is 0. The summed E-state index contributed by atoms with van der Waals surface area (Å²) in [6, 6.07) is 9.75. The smallest absolute Gasteiger partial charge is 0.411 e. The monoisotopic (exact) mass is 605 g/mol. The number of carbonyl (C=O) groups excluding carboxylic acids is 5. The van der Waals surface area contributed by atoms with Crippen LogP contribution in [-0.2, 0) is 41.8 Å². The molecule has 0 unspecified atom stereocenters. The van der Waals surface area contributed by atoms with Crippen LogP contribution in [0, 0.1) is 5.92 Å². The zero-order valence-corrected chi connectivity index (χ0v) is 25.5. The molecule has 3 aliphatic rings. The summed E-state index contributed by atoms with van der Waals surface area (Å²) < 4.78 is 21.9. The van der Waals surface area contributed by atoms with Crippen LogP contribution in [0.2, 0.25) is 0 Å². The number of Topliss-reactive ketones (excluding diaryl/α,β-unsaturated/α-hetero) is 2. The molecule has 0 aromatic heterocycles. The first-order valence-electron chi connectivity index (χ1n) is 15.2. The maximum absolute atomic E-state index is 13.0. The molecule has 1 saturated carbocycles. The number of ketones is 2. The number of benzene rings is 2. The van der Waals surface area contributed by atoms with Crippen LogP contribution in [0.15, 0.2) is 36.4 Å². The van der Waals surface area contributed by atoms with Gasteiger partial charge in [-0.1, -0.05) is 37.1 Å². The predicted octanol–water partition coefficient (Wildman–Crippen LogP) is 5.43. The van der Waals surface area contributed by atoms with E-state index in [1.165, 1.54) is 4.90 Å². The van der Waals surface area contributed by atoms with Gasteiger partial charge >= 0.3 is 18.0 Å². The highest BCUT2D eigenvalue weighted by Gasteiger charge is 2.38. The van der Waals surface area contributed by atoms with E-state index in [4.69, 9.17) is 18.9 Å². The summed E-state index contributed by atoms with van der Waals surface area (Å²) in [6.07, 6.45) is 4.17.